The van der Waals surface area contributed by atoms with E-state index in [0.29, 0.717) is 12.1 Å². The maximum absolute atomic E-state index is 13.7. The number of benzene rings is 1. The Morgan fingerprint density at radius 1 is 1.24 bits per heavy atom. The Kier molecular flexibility index (Phi) is 4.09. The number of nitrogens with zero attached hydrogens (tertiary/aromatic N) is 1. The van der Waals surface area contributed by atoms with E-state index in [1.54, 1.807) is 25.1 Å². The Hall–Kier alpha value is -1.16. The molecule has 4 heteroatoms. The molecule has 0 aromatic heterocycles. The molecule has 2 nitrogen and oxygen atoms in total. The predicted molar refractivity (Wildman–Crippen MR) is 67.3 cm³/mol. The second-order valence-electron chi connectivity index (χ2n) is 5.25. The molecular weight excluding hydrogens is 222 g/mol. The zero-order valence-corrected chi connectivity index (χ0v) is 10.8. The first kappa shape index (κ1) is 13.9. The first-order chi connectivity index (χ1) is 7.72. The minimum atomic E-state index is -0.815. The van der Waals surface area contributed by atoms with Crippen molar-refractivity contribution in [1.29, 1.82) is 0 Å². The van der Waals surface area contributed by atoms with Gasteiger partial charge in [-0.3, -0.25) is 0 Å². The summed E-state index contributed by atoms with van der Waals surface area (Å²) in [6.07, 6.45) is 1.35. The zero-order chi connectivity index (χ0) is 13.2. The van der Waals surface area contributed by atoms with Gasteiger partial charge in [-0.2, -0.15) is 0 Å². The second kappa shape index (κ2) is 5.00. The highest BCUT2D eigenvalue weighted by Gasteiger charge is 2.17. The average molecular weight is 242 g/mol. The van der Waals surface area contributed by atoms with Gasteiger partial charge in [0.15, 0.2) is 11.6 Å². The number of halogens is 2. The number of anilines is 1. The van der Waals surface area contributed by atoms with Crippen LogP contribution in [-0.2, 0) is 6.42 Å². The van der Waals surface area contributed by atoms with Crippen LogP contribution in [-0.4, -0.2) is 19.6 Å². The predicted octanol–water partition coefficient (Wildman–Crippen LogP) is 2.70. The number of aryl methyl sites for hydroxylation is 1. The fourth-order valence-electron chi connectivity index (χ4n) is 1.72. The Balaban J connectivity index is 3.03. The van der Waals surface area contributed by atoms with Crippen LogP contribution in [0.3, 0.4) is 0 Å². The van der Waals surface area contributed by atoms with Crippen LogP contribution < -0.4 is 10.6 Å². The Bertz CT molecular complexity index is 395. The SMILES string of the molecule is CN(C)c1c(CCC(C)(C)N)ccc(F)c1F. The fourth-order valence-corrected chi connectivity index (χ4v) is 1.72. The monoisotopic (exact) mass is 242 g/mol. The van der Waals surface area contributed by atoms with Gasteiger partial charge in [-0.1, -0.05) is 6.07 Å². The van der Waals surface area contributed by atoms with Gasteiger partial charge in [0.25, 0.3) is 0 Å². The molecule has 0 bridgehead atoms. The van der Waals surface area contributed by atoms with Gasteiger partial charge in [-0.25, -0.2) is 8.78 Å². The fraction of sp³-hybridized carbons (Fsp3) is 0.538. The van der Waals surface area contributed by atoms with Gasteiger partial charge >= 0.3 is 0 Å². The molecule has 0 spiro atoms. The van der Waals surface area contributed by atoms with E-state index < -0.39 is 11.6 Å². The molecule has 0 aliphatic carbocycles. The van der Waals surface area contributed by atoms with Crippen LogP contribution in [0.2, 0.25) is 0 Å². The number of hydrogen-bond acceptors (Lipinski definition) is 2. The first-order valence-electron chi connectivity index (χ1n) is 5.65. The van der Waals surface area contributed by atoms with Crippen molar-refractivity contribution in [3.63, 3.8) is 0 Å². The van der Waals surface area contributed by atoms with Crippen LogP contribution >= 0.6 is 0 Å². The molecule has 96 valence electrons. The first-order valence-corrected chi connectivity index (χ1v) is 5.65. The molecule has 0 radical (unpaired) electrons. The highest BCUT2D eigenvalue weighted by Crippen LogP contribution is 2.27. The van der Waals surface area contributed by atoms with Crippen molar-refractivity contribution in [1.82, 2.24) is 0 Å². The molecule has 0 saturated heterocycles. The molecule has 0 heterocycles. The average Bonchev–Trinajstić information content (AvgIpc) is 2.18. The zero-order valence-electron chi connectivity index (χ0n) is 10.8. The summed E-state index contributed by atoms with van der Waals surface area (Å²) in [5, 5.41) is 0. The van der Waals surface area contributed by atoms with E-state index in [4.69, 9.17) is 5.73 Å². The summed E-state index contributed by atoms with van der Waals surface area (Å²) in [6, 6.07) is 2.79. The molecule has 0 saturated carbocycles. The summed E-state index contributed by atoms with van der Waals surface area (Å²) in [7, 11) is 3.41. The third kappa shape index (κ3) is 3.66. The summed E-state index contributed by atoms with van der Waals surface area (Å²) < 4.78 is 26.9. The summed E-state index contributed by atoms with van der Waals surface area (Å²) in [4.78, 5) is 1.59. The van der Waals surface area contributed by atoms with Gasteiger partial charge in [0.2, 0.25) is 0 Å². The molecule has 0 atom stereocenters. The van der Waals surface area contributed by atoms with Crippen LogP contribution in [0.1, 0.15) is 25.8 Å². The van der Waals surface area contributed by atoms with E-state index in [-0.39, 0.29) is 5.54 Å². The third-order valence-electron chi connectivity index (χ3n) is 2.64. The van der Waals surface area contributed by atoms with Crippen LogP contribution in [0.4, 0.5) is 14.5 Å². The molecule has 0 fully saturated rings. The highest BCUT2D eigenvalue weighted by molar-refractivity contribution is 5.54. The summed E-state index contributed by atoms with van der Waals surface area (Å²) >= 11 is 0. The lowest BCUT2D eigenvalue weighted by molar-refractivity contribution is 0.473. The Morgan fingerprint density at radius 2 is 1.82 bits per heavy atom. The summed E-state index contributed by atoms with van der Waals surface area (Å²) in [5.74, 6) is -1.60. The normalized spacial score (nSPS) is 11.7. The van der Waals surface area contributed by atoms with Gasteiger partial charge < -0.3 is 10.6 Å². The van der Waals surface area contributed by atoms with Crippen LogP contribution in [0.5, 0.6) is 0 Å². The summed E-state index contributed by atoms with van der Waals surface area (Å²) in [5.41, 5.74) is 6.68. The molecule has 2 N–H and O–H groups in total. The largest absolute Gasteiger partial charge is 0.375 e. The lowest BCUT2D eigenvalue weighted by Gasteiger charge is -2.22. The van der Waals surface area contributed by atoms with Gasteiger partial charge in [0.1, 0.15) is 0 Å². The molecule has 0 unspecified atom stereocenters. The van der Waals surface area contributed by atoms with Crippen molar-refractivity contribution in [2.45, 2.75) is 32.2 Å². The van der Waals surface area contributed by atoms with E-state index in [0.717, 1.165) is 12.0 Å². The molecule has 1 aromatic carbocycles. The Labute approximate surface area is 101 Å². The topological polar surface area (TPSA) is 29.3 Å². The molecule has 0 aliphatic heterocycles. The molecule has 1 aromatic rings. The minimum Gasteiger partial charge on any atom is -0.375 e. The van der Waals surface area contributed by atoms with E-state index in [9.17, 15) is 8.78 Å². The van der Waals surface area contributed by atoms with Gasteiger partial charge in [0, 0.05) is 19.6 Å². The van der Waals surface area contributed by atoms with E-state index in [1.807, 2.05) is 13.8 Å². The van der Waals surface area contributed by atoms with Crippen molar-refractivity contribution >= 4 is 5.69 Å². The van der Waals surface area contributed by atoms with Crippen LogP contribution in [0, 0.1) is 11.6 Å². The van der Waals surface area contributed by atoms with Gasteiger partial charge in [-0.05, 0) is 38.3 Å². The lowest BCUT2D eigenvalue weighted by Crippen LogP contribution is -2.32. The smallest absolute Gasteiger partial charge is 0.182 e. The maximum Gasteiger partial charge on any atom is 0.182 e. The molecule has 0 amide bonds. The highest BCUT2D eigenvalue weighted by atomic mass is 19.2. The van der Waals surface area contributed by atoms with Gasteiger partial charge in [-0.15, -0.1) is 0 Å². The number of nitrogens with two attached hydrogens (primary N) is 1. The van der Waals surface area contributed by atoms with Crippen molar-refractivity contribution < 1.29 is 8.78 Å². The summed E-state index contributed by atoms with van der Waals surface area (Å²) in [6.45, 7) is 3.84. The molecular formula is C13H20F2N2. The van der Waals surface area contributed by atoms with Crippen molar-refractivity contribution in [3.8, 4) is 0 Å². The van der Waals surface area contributed by atoms with Gasteiger partial charge in [0.05, 0.1) is 5.69 Å². The number of hydrogen-bond donors (Lipinski definition) is 1. The quantitative estimate of drug-likeness (QED) is 0.879. The standard InChI is InChI=1S/C13H20F2N2/c1-13(2,16)8-7-9-5-6-10(14)11(15)12(9)17(3)4/h5-6H,7-8,16H2,1-4H3. The Morgan fingerprint density at radius 3 is 2.29 bits per heavy atom. The molecule has 1 rings (SSSR count). The van der Waals surface area contributed by atoms with Crippen molar-refractivity contribution in [2.75, 3.05) is 19.0 Å². The minimum absolute atomic E-state index is 0.311. The lowest BCUT2D eigenvalue weighted by atomic mass is 9.95. The second-order valence-corrected chi connectivity index (χ2v) is 5.25. The van der Waals surface area contributed by atoms with E-state index in [1.165, 1.54) is 6.07 Å². The van der Waals surface area contributed by atoms with E-state index >= 15 is 0 Å². The number of rotatable bonds is 4. The van der Waals surface area contributed by atoms with Crippen molar-refractivity contribution in [3.05, 3.63) is 29.3 Å². The van der Waals surface area contributed by atoms with Crippen LogP contribution in [0.25, 0.3) is 0 Å². The maximum atomic E-state index is 13.7. The van der Waals surface area contributed by atoms with Crippen LogP contribution in [0.15, 0.2) is 12.1 Å². The van der Waals surface area contributed by atoms with E-state index in [2.05, 4.69) is 0 Å². The van der Waals surface area contributed by atoms with Crippen molar-refractivity contribution in [2.24, 2.45) is 5.73 Å². The third-order valence-corrected chi connectivity index (χ3v) is 2.64. The molecule has 0 aliphatic rings. The molecule has 17 heavy (non-hydrogen) atoms.